The van der Waals surface area contributed by atoms with Gasteiger partial charge in [0, 0.05) is 48.3 Å². The molecule has 0 fully saturated rings. The first kappa shape index (κ1) is 25.0. The quantitative estimate of drug-likeness (QED) is 0.157. The first-order valence-electron chi connectivity index (χ1n) is 16.6. The van der Waals surface area contributed by atoms with E-state index in [1.54, 1.807) is 0 Å². The number of hydrogen-bond donors (Lipinski definition) is 0. The summed E-state index contributed by atoms with van der Waals surface area (Å²) in [7, 11) is 0. The Hall–Kier alpha value is -5.19. The van der Waals surface area contributed by atoms with Crippen molar-refractivity contribution in [1.29, 1.82) is 0 Å². The lowest BCUT2D eigenvalue weighted by molar-refractivity contribution is 0.660. The number of hydrogen-bond acceptors (Lipinski definition) is 2. The molecule has 12 rings (SSSR count). The van der Waals surface area contributed by atoms with E-state index in [0.717, 1.165) is 0 Å². The molecular weight excluding hydrogens is 587 g/mol. The number of rotatable bonds is 0. The molecule has 0 atom stereocenters. The fourth-order valence-corrected chi connectivity index (χ4v) is 10.7. The van der Waals surface area contributed by atoms with Crippen LogP contribution in [0.5, 0.6) is 0 Å². The average Bonchev–Trinajstić information content (AvgIpc) is 3.54. The van der Waals surface area contributed by atoms with Gasteiger partial charge in [-0.2, -0.15) is 0 Å². The van der Waals surface area contributed by atoms with Crippen LogP contribution in [0.1, 0.15) is 25.0 Å². The van der Waals surface area contributed by atoms with Gasteiger partial charge in [-0.15, -0.1) is 0 Å². The predicted molar refractivity (Wildman–Crippen MR) is 199 cm³/mol. The summed E-state index contributed by atoms with van der Waals surface area (Å²) in [6.45, 7) is 4.89. The van der Waals surface area contributed by atoms with Crippen molar-refractivity contribution in [2.45, 2.75) is 29.1 Å². The van der Waals surface area contributed by atoms with Crippen LogP contribution in [-0.4, -0.2) is 11.3 Å². The lowest BCUT2D eigenvalue weighted by Crippen LogP contribution is -2.57. The van der Waals surface area contributed by atoms with Crippen molar-refractivity contribution in [2.24, 2.45) is 0 Å². The van der Waals surface area contributed by atoms with E-state index in [0.29, 0.717) is 0 Å². The number of aromatic nitrogens is 1. The van der Waals surface area contributed by atoms with Gasteiger partial charge in [-0.25, -0.2) is 0 Å². The fourth-order valence-electron chi connectivity index (χ4n) is 9.57. The van der Waals surface area contributed by atoms with Crippen molar-refractivity contribution in [3.63, 3.8) is 0 Å². The Morgan fingerprint density at radius 1 is 0.596 bits per heavy atom. The van der Waals surface area contributed by atoms with E-state index in [4.69, 9.17) is 0 Å². The van der Waals surface area contributed by atoms with Crippen molar-refractivity contribution in [3.8, 4) is 22.3 Å². The van der Waals surface area contributed by atoms with Crippen LogP contribution in [0.2, 0.25) is 0 Å². The topological polar surface area (TPSA) is 8.17 Å². The maximum Gasteiger partial charge on any atom is 0.333 e. The molecule has 3 aliphatic heterocycles. The third-order valence-electron chi connectivity index (χ3n) is 11.5. The number of nitrogens with zero attached hydrogens (tertiary/aromatic N) is 2. The van der Waals surface area contributed by atoms with Crippen LogP contribution in [-0.2, 0) is 5.41 Å². The monoisotopic (exact) mass is 614 g/mol. The molecule has 1 aliphatic carbocycles. The SMILES string of the molecule is CC1(C)c2ccccc2-c2c1cc1c3c2-c2cccc4c5cc6ccccc6cc5n(c24)B3c2cccc3c2N1c1ccccc1S3. The van der Waals surface area contributed by atoms with E-state index >= 15 is 0 Å². The zero-order chi connectivity index (χ0) is 30.8. The molecule has 0 bridgehead atoms. The largest absolute Gasteiger partial charge is 0.375 e. The van der Waals surface area contributed by atoms with Crippen molar-refractivity contribution >= 4 is 79.2 Å². The zero-order valence-corrected chi connectivity index (χ0v) is 26.8. The van der Waals surface area contributed by atoms with Gasteiger partial charge in [0.05, 0.1) is 11.4 Å². The molecule has 0 N–H and O–H groups in total. The summed E-state index contributed by atoms with van der Waals surface area (Å²) in [5, 5.41) is 5.25. The second kappa shape index (κ2) is 8.20. The Balaban J connectivity index is 1.34. The van der Waals surface area contributed by atoms with Gasteiger partial charge in [-0.05, 0) is 85.9 Å². The summed E-state index contributed by atoms with van der Waals surface area (Å²) < 4.78 is 2.70. The van der Waals surface area contributed by atoms with E-state index in [1.165, 1.54) is 104 Å². The van der Waals surface area contributed by atoms with Crippen molar-refractivity contribution < 1.29 is 0 Å². The molecule has 218 valence electrons. The summed E-state index contributed by atoms with van der Waals surface area (Å²) in [5.41, 5.74) is 17.7. The molecule has 1 aromatic heterocycles. The molecular formula is C43H27BN2S. The maximum atomic E-state index is 2.70. The summed E-state index contributed by atoms with van der Waals surface area (Å²) in [6, 6.07) is 48.4. The molecule has 0 radical (unpaired) electrons. The minimum atomic E-state index is -0.118. The third-order valence-corrected chi connectivity index (χ3v) is 12.6. The summed E-state index contributed by atoms with van der Waals surface area (Å²) in [4.78, 5) is 5.24. The predicted octanol–water partition coefficient (Wildman–Crippen LogP) is 10.1. The van der Waals surface area contributed by atoms with Gasteiger partial charge in [-0.1, -0.05) is 117 Å². The Morgan fingerprint density at radius 3 is 2.26 bits per heavy atom. The van der Waals surface area contributed by atoms with E-state index in [-0.39, 0.29) is 12.3 Å². The van der Waals surface area contributed by atoms with Crippen LogP contribution in [0, 0.1) is 0 Å². The van der Waals surface area contributed by atoms with Crippen LogP contribution < -0.4 is 15.8 Å². The van der Waals surface area contributed by atoms with Gasteiger partial charge in [0.25, 0.3) is 0 Å². The standard InChI is InChI=1S/C43H27BN2S/c1-43(2)30-16-6-5-13-27(30)38-31(43)23-35-40-39(38)28-15-9-14-26-29-21-24-11-3-4-12-25(24)22-34(29)46(41(26)28)44(40)32-17-10-20-37-42(32)45(35)33-18-7-8-19-36(33)47-37/h3-23H,1-2H3. The molecule has 8 aromatic rings. The van der Waals surface area contributed by atoms with Gasteiger partial charge in [0.15, 0.2) is 0 Å². The third kappa shape index (κ3) is 2.81. The Bertz CT molecular complexity index is 2770. The average molecular weight is 615 g/mol. The van der Waals surface area contributed by atoms with Crippen LogP contribution in [0.25, 0.3) is 54.8 Å². The van der Waals surface area contributed by atoms with E-state index in [9.17, 15) is 0 Å². The Kier molecular flexibility index (Phi) is 4.36. The summed E-state index contributed by atoms with van der Waals surface area (Å²) in [5.74, 6) is 0. The summed E-state index contributed by atoms with van der Waals surface area (Å²) >= 11 is 1.91. The molecule has 2 nitrogen and oxygen atoms in total. The van der Waals surface area contributed by atoms with E-state index in [1.807, 2.05) is 11.8 Å². The fraction of sp³-hybridized carbons (Fsp3) is 0.0698. The molecule has 0 unspecified atom stereocenters. The van der Waals surface area contributed by atoms with Gasteiger partial charge in [-0.3, -0.25) is 0 Å². The highest BCUT2D eigenvalue weighted by Gasteiger charge is 2.49. The van der Waals surface area contributed by atoms with Crippen LogP contribution in [0.3, 0.4) is 0 Å². The van der Waals surface area contributed by atoms with Crippen LogP contribution >= 0.6 is 11.8 Å². The molecule has 0 saturated carbocycles. The van der Waals surface area contributed by atoms with E-state index < -0.39 is 0 Å². The van der Waals surface area contributed by atoms with Crippen molar-refractivity contribution in [1.82, 2.24) is 4.48 Å². The second-order valence-corrected chi connectivity index (χ2v) is 15.2. The lowest BCUT2D eigenvalue weighted by Gasteiger charge is -2.44. The van der Waals surface area contributed by atoms with Gasteiger partial charge in [0.1, 0.15) is 0 Å². The molecule has 47 heavy (non-hydrogen) atoms. The zero-order valence-electron chi connectivity index (χ0n) is 26.0. The molecule has 0 spiro atoms. The first-order valence-corrected chi connectivity index (χ1v) is 17.4. The number of fused-ring (bicyclic) bond motifs is 14. The summed E-state index contributed by atoms with van der Waals surface area (Å²) in [6.07, 6.45) is 0. The van der Waals surface area contributed by atoms with Crippen molar-refractivity contribution in [2.75, 3.05) is 4.90 Å². The minimum absolute atomic E-state index is 0.0503. The highest BCUT2D eigenvalue weighted by molar-refractivity contribution is 7.99. The van der Waals surface area contributed by atoms with Crippen LogP contribution in [0.15, 0.2) is 137 Å². The molecule has 0 saturated heterocycles. The minimum Gasteiger partial charge on any atom is -0.375 e. The highest BCUT2D eigenvalue weighted by Crippen LogP contribution is 2.59. The molecule has 4 aliphatic rings. The van der Waals surface area contributed by atoms with Gasteiger partial charge >= 0.3 is 6.85 Å². The maximum absolute atomic E-state index is 2.70. The Morgan fingerprint density at radius 2 is 1.34 bits per heavy atom. The number of benzene rings is 7. The first-order chi connectivity index (χ1) is 23.1. The van der Waals surface area contributed by atoms with Gasteiger partial charge in [0.2, 0.25) is 0 Å². The van der Waals surface area contributed by atoms with Gasteiger partial charge < -0.3 is 9.38 Å². The van der Waals surface area contributed by atoms with Crippen LogP contribution in [0.4, 0.5) is 17.1 Å². The molecule has 4 heterocycles. The highest BCUT2D eigenvalue weighted by atomic mass is 32.2. The molecule has 4 heteroatoms. The normalized spacial score (nSPS) is 15.4. The van der Waals surface area contributed by atoms with Crippen molar-refractivity contribution in [3.05, 3.63) is 139 Å². The van der Waals surface area contributed by atoms with E-state index in [2.05, 4.69) is 151 Å². The Labute approximate surface area is 277 Å². The number of para-hydroxylation sites is 3. The smallest absolute Gasteiger partial charge is 0.333 e. The molecule has 0 amide bonds. The lowest BCUT2D eigenvalue weighted by atomic mass is 9.44. The number of anilines is 3. The molecule has 7 aromatic carbocycles. The second-order valence-electron chi connectivity index (χ2n) is 14.1.